The Morgan fingerprint density at radius 1 is 1.50 bits per heavy atom. The van der Waals surface area contributed by atoms with Crippen molar-refractivity contribution < 1.29 is 0 Å². The van der Waals surface area contributed by atoms with Crippen molar-refractivity contribution >= 4 is 0 Å². The Balaban J connectivity index is 3.39. The van der Waals surface area contributed by atoms with Crippen LogP contribution in [0.2, 0.25) is 0 Å². The van der Waals surface area contributed by atoms with E-state index in [9.17, 15) is 0 Å². The average Bonchev–Trinajstić information content (AvgIpc) is 1.82. The lowest BCUT2D eigenvalue weighted by atomic mass is 9.99. The van der Waals surface area contributed by atoms with E-state index < -0.39 is 0 Å². The van der Waals surface area contributed by atoms with Crippen LogP contribution >= 0.6 is 0 Å². The molecule has 0 aliphatic heterocycles. The Bertz CT molecular complexity index is 105. The van der Waals surface area contributed by atoms with E-state index in [1.165, 1.54) is 5.57 Å². The van der Waals surface area contributed by atoms with Gasteiger partial charge in [0, 0.05) is 6.04 Å². The summed E-state index contributed by atoms with van der Waals surface area (Å²) in [6.07, 6.45) is 2.15. The predicted molar refractivity (Wildman–Crippen MR) is 46.9 cm³/mol. The van der Waals surface area contributed by atoms with Gasteiger partial charge in [-0.3, -0.25) is 0 Å². The summed E-state index contributed by atoms with van der Waals surface area (Å²) in [5.41, 5.74) is 7.06. The van der Waals surface area contributed by atoms with Crippen LogP contribution in [0.25, 0.3) is 0 Å². The standard InChI is InChI=1S/C9H19N/c1-7(2)5-6-9(10)8(3)4/h8-9H,1,5-6,10H2,2-4H3. The quantitative estimate of drug-likeness (QED) is 0.597. The van der Waals surface area contributed by atoms with Crippen molar-refractivity contribution in [2.24, 2.45) is 11.7 Å². The molecule has 60 valence electrons. The van der Waals surface area contributed by atoms with Crippen molar-refractivity contribution in [2.75, 3.05) is 0 Å². The van der Waals surface area contributed by atoms with Gasteiger partial charge in [-0.05, 0) is 25.7 Å². The predicted octanol–water partition coefficient (Wildman–Crippen LogP) is 2.33. The third-order valence-corrected chi connectivity index (χ3v) is 1.76. The molecule has 0 aliphatic carbocycles. The van der Waals surface area contributed by atoms with Gasteiger partial charge in [0.05, 0.1) is 0 Å². The Labute approximate surface area is 64.3 Å². The van der Waals surface area contributed by atoms with E-state index in [4.69, 9.17) is 5.73 Å². The van der Waals surface area contributed by atoms with E-state index in [1.807, 2.05) is 6.92 Å². The van der Waals surface area contributed by atoms with Gasteiger partial charge in [0.1, 0.15) is 0 Å². The van der Waals surface area contributed by atoms with Crippen molar-refractivity contribution in [3.63, 3.8) is 0 Å². The molecule has 0 spiro atoms. The fraction of sp³-hybridized carbons (Fsp3) is 0.778. The molecule has 0 amide bonds. The normalized spacial score (nSPS) is 13.7. The van der Waals surface area contributed by atoms with Crippen LogP contribution in [0.5, 0.6) is 0 Å². The molecular formula is C9H19N. The number of hydrogen-bond acceptors (Lipinski definition) is 1. The van der Waals surface area contributed by atoms with E-state index >= 15 is 0 Å². The van der Waals surface area contributed by atoms with Crippen molar-refractivity contribution in [3.05, 3.63) is 12.2 Å². The van der Waals surface area contributed by atoms with Crippen LogP contribution in [0.15, 0.2) is 12.2 Å². The Kier molecular flexibility index (Phi) is 4.37. The molecule has 0 aliphatic rings. The third kappa shape index (κ3) is 4.57. The van der Waals surface area contributed by atoms with Gasteiger partial charge < -0.3 is 5.73 Å². The number of allylic oxidation sites excluding steroid dienone is 1. The maximum absolute atomic E-state index is 5.82. The van der Waals surface area contributed by atoms with Gasteiger partial charge in [0.25, 0.3) is 0 Å². The Hall–Kier alpha value is -0.300. The minimum atomic E-state index is 0.344. The summed E-state index contributed by atoms with van der Waals surface area (Å²) in [6, 6.07) is 0.344. The second kappa shape index (κ2) is 4.51. The first-order chi connectivity index (χ1) is 4.54. The molecule has 1 nitrogen and oxygen atoms in total. The first-order valence-electron chi connectivity index (χ1n) is 3.94. The first kappa shape index (κ1) is 9.70. The van der Waals surface area contributed by atoms with Crippen molar-refractivity contribution in [1.29, 1.82) is 0 Å². The second-order valence-electron chi connectivity index (χ2n) is 3.40. The topological polar surface area (TPSA) is 26.0 Å². The maximum Gasteiger partial charge on any atom is 0.00649 e. The number of nitrogens with two attached hydrogens (primary N) is 1. The average molecular weight is 141 g/mol. The molecule has 0 aromatic carbocycles. The third-order valence-electron chi connectivity index (χ3n) is 1.76. The van der Waals surface area contributed by atoms with Gasteiger partial charge in [-0.15, -0.1) is 6.58 Å². The zero-order valence-electron chi connectivity index (χ0n) is 7.35. The minimum Gasteiger partial charge on any atom is -0.327 e. The highest BCUT2D eigenvalue weighted by atomic mass is 14.6. The van der Waals surface area contributed by atoms with Gasteiger partial charge in [0.15, 0.2) is 0 Å². The van der Waals surface area contributed by atoms with Gasteiger partial charge >= 0.3 is 0 Å². The van der Waals surface area contributed by atoms with E-state index in [0.29, 0.717) is 12.0 Å². The lowest BCUT2D eigenvalue weighted by Crippen LogP contribution is -2.25. The fourth-order valence-electron chi connectivity index (χ4n) is 0.746. The van der Waals surface area contributed by atoms with Crippen LogP contribution < -0.4 is 5.73 Å². The van der Waals surface area contributed by atoms with Crippen LogP contribution in [0.4, 0.5) is 0 Å². The molecule has 1 atom stereocenters. The molecule has 0 aromatic heterocycles. The van der Waals surface area contributed by atoms with Crippen LogP contribution in [0, 0.1) is 5.92 Å². The van der Waals surface area contributed by atoms with E-state index in [-0.39, 0.29) is 0 Å². The molecule has 10 heavy (non-hydrogen) atoms. The number of hydrogen-bond donors (Lipinski definition) is 1. The highest BCUT2D eigenvalue weighted by Crippen LogP contribution is 2.08. The molecule has 0 saturated heterocycles. The molecule has 0 fully saturated rings. The summed E-state index contributed by atoms with van der Waals surface area (Å²) in [5, 5.41) is 0. The maximum atomic E-state index is 5.82. The summed E-state index contributed by atoms with van der Waals surface area (Å²) in [5.74, 6) is 0.597. The van der Waals surface area contributed by atoms with Crippen LogP contribution in [0.3, 0.4) is 0 Å². The molecule has 0 saturated carbocycles. The lowest BCUT2D eigenvalue weighted by Gasteiger charge is -2.14. The smallest absolute Gasteiger partial charge is 0.00649 e. The molecule has 1 unspecified atom stereocenters. The van der Waals surface area contributed by atoms with Gasteiger partial charge in [-0.1, -0.05) is 19.4 Å². The van der Waals surface area contributed by atoms with Crippen molar-refractivity contribution in [3.8, 4) is 0 Å². The molecular weight excluding hydrogens is 122 g/mol. The SMILES string of the molecule is C=C(C)CCC(N)C(C)C. The first-order valence-corrected chi connectivity index (χ1v) is 3.94. The molecule has 2 N–H and O–H groups in total. The van der Waals surface area contributed by atoms with Crippen LogP contribution in [-0.2, 0) is 0 Å². The Morgan fingerprint density at radius 3 is 2.30 bits per heavy atom. The summed E-state index contributed by atoms with van der Waals surface area (Å²) >= 11 is 0. The minimum absolute atomic E-state index is 0.344. The largest absolute Gasteiger partial charge is 0.327 e. The summed E-state index contributed by atoms with van der Waals surface area (Å²) in [7, 11) is 0. The van der Waals surface area contributed by atoms with E-state index in [1.54, 1.807) is 0 Å². The summed E-state index contributed by atoms with van der Waals surface area (Å²) in [4.78, 5) is 0. The highest BCUT2D eigenvalue weighted by Gasteiger charge is 2.05. The van der Waals surface area contributed by atoms with Crippen molar-refractivity contribution in [2.45, 2.75) is 39.7 Å². The molecule has 0 rings (SSSR count). The molecule has 0 heterocycles. The zero-order valence-corrected chi connectivity index (χ0v) is 7.35. The van der Waals surface area contributed by atoms with Crippen LogP contribution in [-0.4, -0.2) is 6.04 Å². The molecule has 1 heteroatoms. The van der Waals surface area contributed by atoms with Gasteiger partial charge in [-0.2, -0.15) is 0 Å². The van der Waals surface area contributed by atoms with E-state index in [0.717, 1.165) is 12.8 Å². The van der Waals surface area contributed by atoms with Crippen LogP contribution in [0.1, 0.15) is 33.6 Å². The molecule has 0 bridgehead atoms. The second-order valence-corrected chi connectivity index (χ2v) is 3.40. The van der Waals surface area contributed by atoms with Gasteiger partial charge in [-0.25, -0.2) is 0 Å². The summed E-state index contributed by atoms with van der Waals surface area (Å²) < 4.78 is 0. The Morgan fingerprint density at radius 2 is 2.00 bits per heavy atom. The monoisotopic (exact) mass is 141 g/mol. The van der Waals surface area contributed by atoms with Gasteiger partial charge in [0.2, 0.25) is 0 Å². The molecule has 0 radical (unpaired) electrons. The van der Waals surface area contributed by atoms with Crippen molar-refractivity contribution in [1.82, 2.24) is 0 Å². The highest BCUT2D eigenvalue weighted by molar-refractivity contribution is 4.89. The lowest BCUT2D eigenvalue weighted by molar-refractivity contribution is 0.464. The molecule has 0 aromatic rings. The zero-order chi connectivity index (χ0) is 8.15. The number of rotatable bonds is 4. The fourth-order valence-corrected chi connectivity index (χ4v) is 0.746. The van der Waals surface area contributed by atoms with E-state index in [2.05, 4.69) is 20.4 Å². The summed E-state index contributed by atoms with van der Waals surface area (Å²) in [6.45, 7) is 10.2.